The number of hydrogen-bond acceptors (Lipinski definition) is 8. The van der Waals surface area contributed by atoms with Gasteiger partial charge in [-0.15, -0.1) is 0 Å². The largest absolute Gasteiger partial charge is 0.495 e. The molecule has 0 saturated carbocycles. The minimum Gasteiger partial charge on any atom is -0.495 e. The van der Waals surface area contributed by atoms with Crippen LogP contribution in [-0.4, -0.2) is 50.4 Å². The Morgan fingerprint density at radius 3 is 2.66 bits per heavy atom. The number of sulfonamides is 1. The number of ether oxygens (including phenoxy) is 1. The van der Waals surface area contributed by atoms with Crippen LogP contribution in [0.4, 0.5) is 5.13 Å². The van der Waals surface area contributed by atoms with Crippen LogP contribution in [0, 0.1) is 6.92 Å². The number of carbonyl (C=O) groups excluding carboxylic acids is 1. The molecule has 2 aromatic heterocycles. The fourth-order valence-corrected chi connectivity index (χ4v) is 6.74. The van der Waals surface area contributed by atoms with E-state index in [9.17, 15) is 13.2 Å². The number of methoxy groups -OCH3 is 1. The number of hydrogen-bond donors (Lipinski definition) is 1. The van der Waals surface area contributed by atoms with Crippen LogP contribution >= 0.6 is 11.3 Å². The molecule has 0 atom stereocenters. The highest BCUT2D eigenvalue weighted by Gasteiger charge is 2.37. The average Bonchev–Trinajstić information content (AvgIpc) is 3.29. The zero-order chi connectivity index (χ0) is 22.7. The zero-order valence-electron chi connectivity index (χ0n) is 17.8. The van der Waals surface area contributed by atoms with Gasteiger partial charge < -0.3 is 10.1 Å². The summed E-state index contributed by atoms with van der Waals surface area (Å²) >= 11 is 1.06. The van der Waals surface area contributed by atoms with E-state index in [4.69, 9.17) is 4.74 Å². The number of piperidine rings is 1. The number of aromatic nitrogens is 2. The predicted octanol–water partition coefficient (Wildman–Crippen LogP) is 3.03. The van der Waals surface area contributed by atoms with Gasteiger partial charge in [-0.05, 0) is 62.7 Å². The van der Waals surface area contributed by atoms with Crippen LogP contribution in [0.1, 0.15) is 33.8 Å². The van der Waals surface area contributed by atoms with E-state index in [1.54, 1.807) is 42.6 Å². The summed E-state index contributed by atoms with van der Waals surface area (Å²) in [7, 11) is -2.54. The number of nitrogens with zero attached hydrogens (tertiary/aromatic N) is 3. The molecule has 4 rings (SSSR count). The van der Waals surface area contributed by atoms with Gasteiger partial charge in [0.25, 0.3) is 10.0 Å². The fraction of sp³-hybridized carbons (Fsp3) is 0.318. The zero-order valence-corrected chi connectivity index (χ0v) is 19.4. The molecule has 1 aromatic carbocycles. The molecule has 8 nitrogen and oxygen atoms in total. The van der Waals surface area contributed by atoms with Crippen LogP contribution < -0.4 is 14.4 Å². The van der Waals surface area contributed by atoms with Gasteiger partial charge in [-0.25, -0.2) is 17.7 Å². The summed E-state index contributed by atoms with van der Waals surface area (Å²) in [5.74, 6) is -0.0129. The molecular formula is C22H24N4O4S2. The summed E-state index contributed by atoms with van der Waals surface area (Å²) in [6, 6.07) is 9.88. The molecule has 1 saturated heterocycles. The Balaban J connectivity index is 1.78. The lowest BCUT2D eigenvalue weighted by atomic mass is 10.1. The number of aryl methyl sites for hydroxylation is 1. The third-order valence-corrected chi connectivity index (χ3v) is 8.27. The second kappa shape index (κ2) is 9.35. The molecule has 0 radical (unpaired) electrons. The van der Waals surface area contributed by atoms with Crippen molar-refractivity contribution in [1.82, 2.24) is 15.3 Å². The molecule has 0 unspecified atom stereocenters. The van der Waals surface area contributed by atoms with Gasteiger partial charge in [-0.1, -0.05) is 23.5 Å². The minimum atomic E-state index is -3.99. The lowest BCUT2D eigenvalue weighted by molar-refractivity contribution is 0.103. The lowest BCUT2D eigenvalue weighted by Crippen LogP contribution is -2.46. The Hall–Kier alpha value is -2.82. The first kappa shape index (κ1) is 22.4. The first-order valence-electron chi connectivity index (χ1n) is 10.2. The van der Waals surface area contributed by atoms with Crippen LogP contribution in [0.3, 0.4) is 0 Å². The maximum Gasteiger partial charge on any atom is 0.270 e. The molecule has 3 heterocycles. The van der Waals surface area contributed by atoms with Gasteiger partial charge in [-0.3, -0.25) is 9.78 Å². The van der Waals surface area contributed by atoms with Crippen molar-refractivity contribution >= 4 is 32.3 Å². The summed E-state index contributed by atoms with van der Waals surface area (Å²) in [5.41, 5.74) is 1.10. The van der Waals surface area contributed by atoms with Crippen molar-refractivity contribution in [3.63, 3.8) is 0 Å². The Kier molecular flexibility index (Phi) is 6.54. The Labute approximate surface area is 191 Å². The number of carbonyl (C=O) groups is 1. The molecular weight excluding hydrogens is 448 g/mol. The first-order valence-corrected chi connectivity index (χ1v) is 12.5. The Morgan fingerprint density at radius 1 is 1.19 bits per heavy atom. The molecule has 0 spiro atoms. The van der Waals surface area contributed by atoms with E-state index in [1.807, 2.05) is 6.92 Å². The molecule has 1 aliphatic heterocycles. The van der Waals surface area contributed by atoms with Crippen molar-refractivity contribution in [2.75, 3.05) is 24.5 Å². The summed E-state index contributed by atoms with van der Waals surface area (Å²) in [4.78, 5) is 21.7. The summed E-state index contributed by atoms with van der Waals surface area (Å²) in [6.07, 6.45) is 4.24. The summed E-state index contributed by atoms with van der Waals surface area (Å²) in [6.45, 7) is 3.24. The summed E-state index contributed by atoms with van der Waals surface area (Å²) < 4.78 is 34.5. The van der Waals surface area contributed by atoms with Crippen molar-refractivity contribution < 1.29 is 17.9 Å². The Bertz CT molecular complexity index is 1210. The molecule has 168 valence electrons. The topological polar surface area (TPSA) is 101 Å². The number of anilines is 1. The molecule has 0 aliphatic carbocycles. The van der Waals surface area contributed by atoms with Crippen molar-refractivity contribution in [2.24, 2.45) is 0 Å². The van der Waals surface area contributed by atoms with Crippen LogP contribution in [0.5, 0.6) is 5.75 Å². The first-order chi connectivity index (χ1) is 15.4. The second-order valence-corrected chi connectivity index (χ2v) is 10.3. The van der Waals surface area contributed by atoms with Crippen molar-refractivity contribution in [3.05, 3.63) is 64.9 Å². The van der Waals surface area contributed by atoms with Crippen molar-refractivity contribution in [2.45, 2.75) is 30.7 Å². The number of nitrogens with one attached hydrogen (secondary N) is 1. The molecule has 0 bridgehead atoms. The monoisotopic (exact) mass is 472 g/mol. The fourth-order valence-electron chi connectivity index (χ4n) is 3.68. The number of rotatable bonds is 7. The highest BCUT2D eigenvalue weighted by Crippen LogP contribution is 2.36. The van der Waals surface area contributed by atoms with E-state index in [0.717, 1.165) is 16.9 Å². The van der Waals surface area contributed by atoms with Gasteiger partial charge in [0, 0.05) is 6.20 Å². The van der Waals surface area contributed by atoms with Gasteiger partial charge in [0.1, 0.15) is 16.3 Å². The van der Waals surface area contributed by atoms with Crippen LogP contribution in [0.25, 0.3) is 0 Å². The van der Waals surface area contributed by atoms with E-state index >= 15 is 0 Å². The van der Waals surface area contributed by atoms with Gasteiger partial charge >= 0.3 is 0 Å². The van der Waals surface area contributed by atoms with Crippen molar-refractivity contribution in [1.29, 1.82) is 0 Å². The van der Waals surface area contributed by atoms with Gasteiger partial charge in [0.05, 0.1) is 24.2 Å². The van der Waals surface area contributed by atoms with E-state index in [2.05, 4.69) is 15.3 Å². The summed E-state index contributed by atoms with van der Waals surface area (Å²) in [5, 5.41) is 3.53. The van der Waals surface area contributed by atoms with Crippen LogP contribution in [0.2, 0.25) is 0 Å². The maximum absolute atomic E-state index is 13.9. The second-order valence-electron chi connectivity index (χ2n) is 7.49. The standard InChI is InChI=1S/C22H24N4O4S2/c1-15-6-7-18(30-2)20(13-15)32(28,29)26(16-8-11-23-12-9-16)22-25-14-19(31-22)21(27)17-5-3-4-10-24-17/h3-7,10,13-14,16,23H,8-9,11-12H2,1-2H3. The van der Waals surface area contributed by atoms with Crippen LogP contribution in [0.15, 0.2) is 53.7 Å². The van der Waals surface area contributed by atoms with E-state index in [-0.39, 0.29) is 27.6 Å². The van der Waals surface area contributed by atoms with E-state index in [0.29, 0.717) is 36.5 Å². The SMILES string of the molecule is COc1ccc(C)cc1S(=O)(=O)N(c1ncc(C(=O)c2ccccn2)s1)C1CCNCC1. The minimum absolute atomic E-state index is 0.0892. The van der Waals surface area contributed by atoms with E-state index < -0.39 is 10.0 Å². The molecule has 1 aliphatic rings. The molecule has 1 N–H and O–H groups in total. The van der Waals surface area contributed by atoms with E-state index in [1.165, 1.54) is 17.6 Å². The lowest BCUT2D eigenvalue weighted by Gasteiger charge is -2.33. The molecule has 10 heteroatoms. The third-order valence-electron chi connectivity index (χ3n) is 5.30. The molecule has 32 heavy (non-hydrogen) atoms. The number of pyridine rings is 1. The highest BCUT2D eigenvalue weighted by atomic mass is 32.2. The van der Waals surface area contributed by atoms with Gasteiger partial charge in [-0.2, -0.15) is 0 Å². The number of thiazole rings is 1. The third kappa shape index (κ3) is 4.38. The van der Waals surface area contributed by atoms with Gasteiger partial charge in [0.2, 0.25) is 5.78 Å². The maximum atomic E-state index is 13.9. The molecule has 3 aromatic rings. The number of ketones is 1. The average molecular weight is 473 g/mol. The molecule has 0 amide bonds. The quantitative estimate of drug-likeness (QED) is 0.528. The predicted molar refractivity (Wildman–Crippen MR) is 123 cm³/mol. The smallest absolute Gasteiger partial charge is 0.270 e. The van der Waals surface area contributed by atoms with Crippen LogP contribution in [-0.2, 0) is 10.0 Å². The van der Waals surface area contributed by atoms with Crippen molar-refractivity contribution in [3.8, 4) is 5.75 Å². The Morgan fingerprint density at radius 2 is 1.97 bits per heavy atom. The number of benzene rings is 1. The normalized spacial score (nSPS) is 14.8. The highest BCUT2D eigenvalue weighted by molar-refractivity contribution is 7.93. The molecule has 1 fully saturated rings. The van der Waals surface area contributed by atoms with Gasteiger partial charge in [0.15, 0.2) is 5.13 Å².